The smallest absolute Gasteiger partial charge is 0.0822 e. The van der Waals surface area contributed by atoms with E-state index in [9.17, 15) is 5.11 Å². The van der Waals surface area contributed by atoms with Crippen LogP contribution in [0.3, 0.4) is 0 Å². The molecule has 0 aliphatic heterocycles. The minimum Gasteiger partial charge on any atom is -0.237 e. The summed E-state index contributed by atoms with van der Waals surface area (Å²) in [5.41, 5.74) is 1.34. The number of aryl methyl sites for hydroxylation is 1. The van der Waals surface area contributed by atoms with Gasteiger partial charge in [0.25, 0.3) is 0 Å². The molecule has 2 aromatic carbocycles. The fourth-order valence-electron chi connectivity index (χ4n) is 1.97. The molecule has 0 bridgehead atoms. The van der Waals surface area contributed by atoms with E-state index in [0.717, 1.165) is 23.7 Å². The van der Waals surface area contributed by atoms with Gasteiger partial charge >= 0.3 is 0 Å². The Balaban J connectivity index is 2.34. The van der Waals surface area contributed by atoms with Crippen molar-refractivity contribution < 1.29 is 5.11 Å². The second kappa shape index (κ2) is 5.46. The Morgan fingerprint density at radius 3 is 2.50 bits per heavy atom. The molecule has 1 nitrogen and oxygen atoms in total. The topological polar surface area (TPSA) is 19.9 Å². The van der Waals surface area contributed by atoms with Crippen molar-refractivity contribution in [3.05, 3.63) is 46.4 Å². The number of halogens is 1. The molecule has 0 aliphatic carbocycles. The van der Waals surface area contributed by atoms with Gasteiger partial charge in [0.15, 0.2) is 0 Å². The summed E-state index contributed by atoms with van der Waals surface area (Å²) in [6.45, 7) is 0.0362. The zero-order valence-electron chi connectivity index (χ0n) is 9.08. The van der Waals surface area contributed by atoms with Gasteiger partial charge in [-0.05, 0) is 41.7 Å². The Morgan fingerprint density at radius 1 is 0.938 bits per heavy atom. The minimum absolute atomic E-state index is 0.0362. The van der Waals surface area contributed by atoms with Crippen LogP contribution in [0.25, 0.3) is 10.8 Å². The SMILES string of the molecule is [O]CCCCc1cccc2c(Br)cccc12. The minimum atomic E-state index is 0.0362. The summed E-state index contributed by atoms with van der Waals surface area (Å²) < 4.78 is 1.13. The highest BCUT2D eigenvalue weighted by molar-refractivity contribution is 9.10. The predicted molar refractivity (Wildman–Crippen MR) is 70.1 cm³/mol. The molecule has 0 N–H and O–H groups in total. The van der Waals surface area contributed by atoms with Gasteiger partial charge in [-0.3, -0.25) is 0 Å². The summed E-state index contributed by atoms with van der Waals surface area (Å²) in [6.07, 6.45) is 2.75. The standard InChI is InChI=1S/C14H14BrO/c15-14-9-4-7-12-11(5-1-2-10-16)6-3-8-13(12)14/h3-4,6-9H,1-2,5,10H2. The van der Waals surface area contributed by atoms with Crippen LogP contribution < -0.4 is 0 Å². The van der Waals surface area contributed by atoms with Crippen LogP contribution in [0.5, 0.6) is 0 Å². The molecule has 0 saturated carbocycles. The molecule has 0 atom stereocenters. The van der Waals surface area contributed by atoms with Crippen molar-refractivity contribution in [2.75, 3.05) is 6.61 Å². The summed E-state index contributed by atoms with van der Waals surface area (Å²) >= 11 is 3.56. The van der Waals surface area contributed by atoms with Crippen LogP contribution in [0.2, 0.25) is 0 Å². The Labute approximate surface area is 104 Å². The molecular weight excluding hydrogens is 264 g/mol. The molecule has 16 heavy (non-hydrogen) atoms. The van der Waals surface area contributed by atoms with Gasteiger partial charge in [0.05, 0.1) is 6.61 Å². The number of unbranched alkanes of at least 4 members (excludes halogenated alkanes) is 1. The van der Waals surface area contributed by atoms with E-state index in [4.69, 9.17) is 0 Å². The lowest BCUT2D eigenvalue weighted by molar-refractivity contribution is 0.187. The summed E-state index contributed by atoms with van der Waals surface area (Å²) in [4.78, 5) is 0. The third-order valence-electron chi connectivity index (χ3n) is 2.80. The normalized spacial score (nSPS) is 10.9. The van der Waals surface area contributed by atoms with Crippen LogP contribution >= 0.6 is 15.9 Å². The molecule has 0 unspecified atom stereocenters. The van der Waals surface area contributed by atoms with Gasteiger partial charge < -0.3 is 0 Å². The Morgan fingerprint density at radius 2 is 1.69 bits per heavy atom. The molecule has 1 radical (unpaired) electrons. The average molecular weight is 278 g/mol. The van der Waals surface area contributed by atoms with E-state index >= 15 is 0 Å². The summed E-state index contributed by atoms with van der Waals surface area (Å²) in [5, 5.41) is 13.0. The summed E-state index contributed by atoms with van der Waals surface area (Å²) in [7, 11) is 0. The molecule has 0 heterocycles. The van der Waals surface area contributed by atoms with Crippen LogP contribution in [0.1, 0.15) is 18.4 Å². The van der Waals surface area contributed by atoms with E-state index in [1.54, 1.807) is 0 Å². The van der Waals surface area contributed by atoms with Crippen LogP contribution in [0, 0.1) is 0 Å². The number of hydrogen-bond acceptors (Lipinski definition) is 0. The van der Waals surface area contributed by atoms with Gasteiger partial charge in [-0.2, -0.15) is 0 Å². The van der Waals surface area contributed by atoms with Crippen molar-refractivity contribution in [3.63, 3.8) is 0 Å². The first-order valence-corrected chi connectivity index (χ1v) is 6.36. The third-order valence-corrected chi connectivity index (χ3v) is 3.49. The van der Waals surface area contributed by atoms with E-state index in [-0.39, 0.29) is 6.61 Å². The zero-order valence-corrected chi connectivity index (χ0v) is 10.7. The molecule has 2 rings (SSSR count). The third kappa shape index (κ3) is 2.45. The summed E-state index contributed by atoms with van der Waals surface area (Å²) in [5.74, 6) is 0. The number of rotatable bonds is 4. The average Bonchev–Trinajstić information content (AvgIpc) is 2.31. The second-order valence-corrected chi connectivity index (χ2v) is 4.77. The molecule has 0 fully saturated rings. The first kappa shape index (κ1) is 11.6. The predicted octanol–water partition coefficient (Wildman–Crippen LogP) is 4.36. The molecule has 83 valence electrons. The fourth-order valence-corrected chi connectivity index (χ4v) is 2.47. The van der Waals surface area contributed by atoms with Gasteiger partial charge in [-0.15, -0.1) is 0 Å². The lowest BCUT2D eigenvalue weighted by atomic mass is 10.0. The quantitative estimate of drug-likeness (QED) is 0.741. The fraction of sp³-hybridized carbons (Fsp3) is 0.286. The van der Waals surface area contributed by atoms with Crippen LogP contribution in [0.4, 0.5) is 0 Å². The highest BCUT2D eigenvalue weighted by atomic mass is 79.9. The molecule has 2 aromatic rings. The largest absolute Gasteiger partial charge is 0.237 e. The van der Waals surface area contributed by atoms with Gasteiger partial charge in [0, 0.05) is 4.47 Å². The van der Waals surface area contributed by atoms with Crippen LogP contribution in [-0.2, 0) is 11.5 Å². The van der Waals surface area contributed by atoms with Gasteiger partial charge in [-0.25, -0.2) is 5.11 Å². The zero-order chi connectivity index (χ0) is 11.4. The van der Waals surface area contributed by atoms with Crippen molar-refractivity contribution >= 4 is 26.7 Å². The Hall–Kier alpha value is -0.860. The Kier molecular flexibility index (Phi) is 3.97. The molecule has 0 amide bonds. The number of benzene rings is 2. The van der Waals surface area contributed by atoms with Crippen molar-refractivity contribution in [2.24, 2.45) is 0 Å². The molecule has 0 saturated heterocycles. The maximum absolute atomic E-state index is 10.4. The number of fused-ring (bicyclic) bond motifs is 1. The lowest BCUT2D eigenvalue weighted by Gasteiger charge is -2.07. The monoisotopic (exact) mass is 277 g/mol. The van der Waals surface area contributed by atoms with Gasteiger partial charge in [0.1, 0.15) is 0 Å². The van der Waals surface area contributed by atoms with Crippen LogP contribution in [0.15, 0.2) is 40.9 Å². The van der Waals surface area contributed by atoms with Crippen molar-refractivity contribution in [2.45, 2.75) is 19.3 Å². The van der Waals surface area contributed by atoms with E-state index in [1.165, 1.54) is 16.3 Å². The molecule has 0 aliphatic rings. The van der Waals surface area contributed by atoms with Crippen LogP contribution in [-0.4, -0.2) is 6.61 Å². The van der Waals surface area contributed by atoms with E-state index < -0.39 is 0 Å². The lowest BCUT2D eigenvalue weighted by Crippen LogP contribution is -1.89. The maximum atomic E-state index is 10.4. The first-order chi connectivity index (χ1) is 7.83. The molecule has 0 aromatic heterocycles. The molecular formula is C14H14BrO. The molecule has 2 heteroatoms. The van der Waals surface area contributed by atoms with Crippen molar-refractivity contribution in [1.29, 1.82) is 0 Å². The van der Waals surface area contributed by atoms with E-state index in [0.29, 0.717) is 0 Å². The highest BCUT2D eigenvalue weighted by Gasteiger charge is 2.02. The molecule has 0 spiro atoms. The Bertz CT molecular complexity index is 479. The highest BCUT2D eigenvalue weighted by Crippen LogP contribution is 2.27. The van der Waals surface area contributed by atoms with E-state index in [1.807, 2.05) is 0 Å². The first-order valence-electron chi connectivity index (χ1n) is 5.57. The van der Waals surface area contributed by atoms with Crippen molar-refractivity contribution in [1.82, 2.24) is 0 Å². The van der Waals surface area contributed by atoms with Crippen molar-refractivity contribution in [3.8, 4) is 0 Å². The number of hydrogen-bond donors (Lipinski definition) is 0. The second-order valence-electron chi connectivity index (χ2n) is 3.91. The van der Waals surface area contributed by atoms with Gasteiger partial charge in [0.2, 0.25) is 0 Å². The maximum Gasteiger partial charge on any atom is 0.0822 e. The summed E-state index contributed by atoms with van der Waals surface area (Å²) in [6, 6.07) is 12.6. The van der Waals surface area contributed by atoms with Gasteiger partial charge in [-0.1, -0.05) is 46.3 Å². The van der Waals surface area contributed by atoms with E-state index in [2.05, 4.69) is 52.3 Å².